The van der Waals surface area contributed by atoms with Crippen LogP contribution in [0.25, 0.3) is 0 Å². The lowest BCUT2D eigenvalue weighted by Gasteiger charge is -2.05. The molecular weight excluding hydrogens is 160 g/mol. The minimum Gasteiger partial charge on any atom is -0.352 e. The molecule has 2 heterocycles. The molecule has 1 aromatic rings. The van der Waals surface area contributed by atoms with Crippen molar-refractivity contribution in [3.05, 3.63) is 23.0 Å². The molecule has 11 heavy (non-hydrogen) atoms. The van der Waals surface area contributed by atoms with Crippen LogP contribution in [-0.2, 0) is 0 Å². The summed E-state index contributed by atoms with van der Waals surface area (Å²) in [6.45, 7) is 1.13. The molecule has 1 aliphatic heterocycles. The zero-order chi connectivity index (χ0) is 7.68. The van der Waals surface area contributed by atoms with Crippen LogP contribution in [0, 0.1) is 0 Å². The maximum Gasteiger partial charge on any atom is 0.106 e. The molecule has 0 radical (unpaired) electrons. The molecular formula is C8H11ClN2. The topological polar surface area (TPSA) is 27.8 Å². The van der Waals surface area contributed by atoms with Crippen LogP contribution < -0.4 is 5.32 Å². The van der Waals surface area contributed by atoms with Gasteiger partial charge in [-0.1, -0.05) is 11.6 Å². The van der Waals surface area contributed by atoms with E-state index in [-0.39, 0.29) is 0 Å². The third kappa shape index (κ3) is 1.42. The van der Waals surface area contributed by atoms with E-state index < -0.39 is 0 Å². The van der Waals surface area contributed by atoms with E-state index >= 15 is 0 Å². The van der Waals surface area contributed by atoms with Crippen molar-refractivity contribution in [2.24, 2.45) is 0 Å². The van der Waals surface area contributed by atoms with Gasteiger partial charge in [0.05, 0.1) is 0 Å². The van der Waals surface area contributed by atoms with Gasteiger partial charge in [0.1, 0.15) is 5.15 Å². The predicted octanol–water partition coefficient (Wildman–Crippen LogP) is 2.09. The fourth-order valence-electron chi connectivity index (χ4n) is 1.55. The molecule has 0 aromatic carbocycles. The van der Waals surface area contributed by atoms with Gasteiger partial charge in [-0.25, -0.2) is 0 Å². The second-order valence-corrected chi connectivity index (χ2v) is 3.34. The van der Waals surface area contributed by atoms with Gasteiger partial charge < -0.3 is 10.3 Å². The van der Waals surface area contributed by atoms with Crippen molar-refractivity contribution in [2.75, 3.05) is 6.54 Å². The Morgan fingerprint density at radius 2 is 2.45 bits per heavy atom. The molecule has 0 saturated carbocycles. The number of rotatable bonds is 1. The Morgan fingerprint density at radius 1 is 1.55 bits per heavy atom. The molecule has 1 aromatic heterocycles. The molecule has 1 saturated heterocycles. The molecule has 0 spiro atoms. The van der Waals surface area contributed by atoms with Gasteiger partial charge in [0.15, 0.2) is 0 Å². The van der Waals surface area contributed by atoms with Crippen molar-refractivity contribution in [3.63, 3.8) is 0 Å². The highest BCUT2D eigenvalue weighted by molar-refractivity contribution is 6.29. The fraction of sp³-hybridized carbons (Fsp3) is 0.500. The summed E-state index contributed by atoms with van der Waals surface area (Å²) in [5.41, 5.74) is 1.28. The molecule has 2 rings (SSSR count). The van der Waals surface area contributed by atoms with Crippen molar-refractivity contribution in [2.45, 2.75) is 18.9 Å². The second kappa shape index (κ2) is 2.88. The Kier molecular flexibility index (Phi) is 1.88. The minimum absolute atomic E-state index is 0.527. The molecule has 1 fully saturated rings. The third-order valence-electron chi connectivity index (χ3n) is 2.13. The third-order valence-corrected chi connectivity index (χ3v) is 2.35. The first-order valence-corrected chi connectivity index (χ1v) is 4.31. The number of nitrogens with one attached hydrogen (secondary N) is 2. The van der Waals surface area contributed by atoms with Crippen LogP contribution in [0.5, 0.6) is 0 Å². The molecule has 60 valence electrons. The molecule has 0 bridgehead atoms. The number of hydrogen-bond acceptors (Lipinski definition) is 1. The van der Waals surface area contributed by atoms with E-state index in [1.807, 2.05) is 12.3 Å². The first-order chi connectivity index (χ1) is 5.36. The van der Waals surface area contributed by atoms with Gasteiger partial charge in [0.2, 0.25) is 0 Å². The van der Waals surface area contributed by atoms with Crippen LogP contribution in [0.15, 0.2) is 12.3 Å². The van der Waals surface area contributed by atoms with Crippen molar-refractivity contribution in [1.82, 2.24) is 10.3 Å². The van der Waals surface area contributed by atoms with Crippen molar-refractivity contribution >= 4 is 11.6 Å². The molecule has 1 atom stereocenters. The fourth-order valence-corrected chi connectivity index (χ4v) is 1.73. The Labute approximate surface area is 70.9 Å². The van der Waals surface area contributed by atoms with Gasteiger partial charge in [-0.2, -0.15) is 0 Å². The highest BCUT2D eigenvalue weighted by atomic mass is 35.5. The summed E-state index contributed by atoms with van der Waals surface area (Å²) in [4.78, 5) is 2.97. The number of hydrogen-bond donors (Lipinski definition) is 2. The summed E-state index contributed by atoms with van der Waals surface area (Å²) in [5.74, 6) is 0. The molecule has 0 aliphatic carbocycles. The lowest BCUT2D eigenvalue weighted by Crippen LogP contribution is -2.11. The van der Waals surface area contributed by atoms with Gasteiger partial charge in [0.25, 0.3) is 0 Å². The average molecular weight is 171 g/mol. The Hall–Kier alpha value is -0.470. The van der Waals surface area contributed by atoms with E-state index in [0.717, 1.165) is 11.7 Å². The van der Waals surface area contributed by atoms with Crippen LogP contribution in [0.4, 0.5) is 0 Å². The first kappa shape index (κ1) is 7.19. The largest absolute Gasteiger partial charge is 0.352 e. The lowest BCUT2D eigenvalue weighted by atomic mass is 10.1. The summed E-state index contributed by atoms with van der Waals surface area (Å²) < 4.78 is 0. The Balaban J connectivity index is 2.15. The van der Waals surface area contributed by atoms with E-state index in [1.165, 1.54) is 18.4 Å². The highest BCUT2D eigenvalue weighted by Gasteiger charge is 2.16. The van der Waals surface area contributed by atoms with E-state index in [0.29, 0.717) is 6.04 Å². The van der Waals surface area contributed by atoms with Crippen LogP contribution in [0.2, 0.25) is 5.15 Å². The first-order valence-electron chi connectivity index (χ1n) is 3.93. The quantitative estimate of drug-likeness (QED) is 0.664. The van der Waals surface area contributed by atoms with Crippen LogP contribution >= 0.6 is 11.6 Å². The second-order valence-electron chi connectivity index (χ2n) is 2.93. The number of halogens is 1. The average Bonchev–Trinajstić information content (AvgIpc) is 2.55. The zero-order valence-electron chi connectivity index (χ0n) is 6.23. The number of H-pyrrole nitrogens is 1. The summed E-state index contributed by atoms with van der Waals surface area (Å²) in [6, 6.07) is 2.52. The van der Waals surface area contributed by atoms with Gasteiger partial charge in [0, 0.05) is 12.2 Å². The normalized spacial score (nSPS) is 24.3. The van der Waals surface area contributed by atoms with E-state index in [1.54, 1.807) is 0 Å². The smallest absolute Gasteiger partial charge is 0.106 e. The van der Waals surface area contributed by atoms with Gasteiger partial charge in [-0.15, -0.1) is 0 Å². The maximum atomic E-state index is 5.76. The Bertz CT molecular complexity index is 238. The summed E-state index contributed by atoms with van der Waals surface area (Å²) in [6.07, 6.45) is 4.48. The standard InChI is InChI=1S/C8H11ClN2/c9-8-4-6(5-11-8)7-2-1-3-10-7/h4-5,7,10-11H,1-3H2/t7-/m0/s1. The van der Waals surface area contributed by atoms with Crippen molar-refractivity contribution in [3.8, 4) is 0 Å². The van der Waals surface area contributed by atoms with Crippen LogP contribution in [0.1, 0.15) is 24.4 Å². The predicted molar refractivity (Wildman–Crippen MR) is 45.8 cm³/mol. The lowest BCUT2D eigenvalue weighted by molar-refractivity contribution is 0.648. The molecule has 2 nitrogen and oxygen atoms in total. The van der Waals surface area contributed by atoms with E-state index in [4.69, 9.17) is 11.6 Å². The molecule has 0 unspecified atom stereocenters. The van der Waals surface area contributed by atoms with Gasteiger partial charge in [-0.3, -0.25) is 0 Å². The van der Waals surface area contributed by atoms with Crippen LogP contribution in [0.3, 0.4) is 0 Å². The van der Waals surface area contributed by atoms with E-state index in [9.17, 15) is 0 Å². The van der Waals surface area contributed by atoms with Crippen molar-refractivity contribution < 1.29 is 0 Å². The summed E-state index contributed by atoms with van der Waals surface area (Å²) >= 11 is 5.76. The Morgan fingerprint density at radius 3 is 3.00 bits per heavy atom. The van der Waals surface area contributed by atoms with Gasteiger partial charge >= 0.3 is 0 Å². The SMILES string of the molecule is Clc1cc([C@@H]2CCCN2)c[nH]1. The van der Waals surface area contributed by atoms with Gasteiger partial charge in [-0.05, 0) is 31.0 Å². The van der Waals surface area contributed by atoms with Crippen molar-refractivity contribution in [1.29, 1.82) is 0 Å². The molecule has 1 aliphatic rings. The zero-order valence-corrected chi connectivity index (χ0v) is 6.99. The maximum absolute atomic E-state index is 5.76. The molecule has 0 amide bonds. The molecule has 2 N–H and O–H groups in total. The van der Waals surface area contributed by atoms with E-state index in [2.05, 4.69) is 10.3 Å². The minimum atomic E-state index is 0.527. The monoisotopic (exact) mass is 170 g/mol. The highest BCUT2D eigenvalue weighted by Crippen LogP contribution is 2.24. The summed E-state index contributed by atoms with van der Waals surface area (Å²) in [5, 5.41) is 4.14. The summed E-state index contributed by atoms with van der Waals surface area (Å²) in [7, 11) is 0. The number of aromatic amines is 1. The molecule has 3 heteroatoms. The van der Waals surface area contributed by atoms with Crippen LogP contribution in [-0.4, -0.2) is 11.5 Å². The number of aromatic nitrogens is 1.